The van der Waals surface area contributed by atoms with Gasteiger partial charge in [0.15, 0.2) is 0 Å². The number of nitrogens with zero attached hydrogens (tertiary/aromatic N) is 2. The number of aliphatic hydroxyl groups excluding tert-OH is 1. The molecule has 7 nitrogen and oxygen atoms in total. The summed E-state index contributed by atoms with van der Waals surface area (Å²) in [5.74, 6) is -0.883. The summed E-state index contributed by atoms with van der Waals surface area (Å²) in [5, 5.41) is 10.2. The normalized spacial score (nSPS) is 16.0. The van der Waals surface area contributed by atoms with Crippen LogP contribution in [0.5, 0.6) is 0 Å². The fourth-order valence-corrected chi connectivity index (χ4v) is 3.62. The molecule has 0 atom stereocenters. The van der Waals surface area contributed by atoms with E-state index in [9.17, 15) is 14.7 Å². The van der Waals surface area contributed by atoms with Crippen molar-refractivity contribution in [1.29, 1.82) is 0 Å². The molecule has 0 aromatic carbocycles. The van der Waals surface area contributed by atoms with Crippen LogP contribution in [0, 0.1) is 0 Å². The predicted molar refractivity (Wildman–Crippen MR) is 82.7 cm³/mol. The van der Waals surface area contributed by atoms with E-state index in [2.05, 4.69) is 0 Å². The molecule has 1 aliphatic heterocycles. The number of nitrogens with two attached hydrogens (primary N) is 2. The number of piperidine rings is 1. The van der Waals surface area contributed by atoms with Gasteiger partial charge in [-0.3, -0.25) is 9.59 Å². The first-order valence-corrected chi connectivity index (χ1v) is 7.51. The minimum Gasteiger partial charge on any atom is -0.397 e. The van der Waals surface area contributed by atoms with Gasteiger partial charge in [-0.2, -0.15) is 0 Å². The lowest BCUT2D eigenvalue weighted by molar-refractivity contribution is 0.0833. The number of nitrogen functional groups attached to an aromatic ring is 1. The molecule has 1 aromatic heterocycles. The maximum absolute atomic E-state index is 12.1. The van der Waals surface area contributed by atoms with E-state index in [4.69, 9.17) is 11.5 Å². The lowest BCUT2D eigenvalue weighted by atomic mass is 10.1. The monoisotopic (exact) mass is 312 g/mol. The highest BCUT2D eigenvalue weighted by Gasteiger charge is 2.29. The van der Waals surface area contributed by atoms with Crippen molar-refractivity contribution in [1.82, 2.24) is 4.90 Å². The van der Waals surface area contributed by atoms with Crippen LogP contribution in [0.1, 0.15) is 32.9 Å². The van der Waals surface area contributed by atoms with Crippen LogP contribution in [-0.2, 0) is 0 Å². The molecule has 1 fully saturated rings. The molecule has 2 rings (SSSR count). The van der Waals surface area contributed by atoms with Gasteiger partial charge in [0.05, 0.1) is 17.4 Å². The highest BCUT2D eigenvalue weighted by Crippen LogP contribution is 2.39. The third-order valence-electron chi connectivity index (χ3n) is 3.53. The zero-order valence-electron chi connectivity index (χ0n) is 12.1. The van der Waals surface area contributed by atoms with Gasteiger partial charge in [-0.05, 0) is 12.8 Å². The van der Waals surface area contributed by atoms with Crippen molar-refractivity contribution in [3.05, 3.63) is 10.4 Å². The summed E-state index contributed by atoms with van der Waals surface area (Å²) in [6, 6.07) is 0. The van der Waals surface area contributed by atoms with Crippen molar-refractivity contribution in [3.63, 3.8) is 0 Å². The maximum Gasteiger partial charge on any atom is 0.265 e. The Labute approximate surface area is 127 Å². The minimum atomic E-state index is -0.636. The Morgan fingerprint density at radius 1 is 1.33 bits per heavy atom. The van der Waals surface area contributed by atoms with Crippen LogP contribution in [0.15, 0.2) is 0 Å². The van der Waals surface area contributed by atoms with Gasteiger partial charge in [-0.25, -0.2) is 0 Å². The number of anilines is 2. The second kappa shape index (κ2) is 5.90. The zero-order chi connectivity index (χ0) is 15.7. The first kappa shape index (κ1) is 15.6. The van der Waals surface area contributed by atoms with E-state index in [1.165, 1.54) is 16.2 Å². The van der Waals surface area contributed by atoms with Gasteiger partial charge in [0, 0.05) is 27.2 Å². The van der Waals surface area contributed by atoms with Crippen molar-refractivity contribution < 1.29 is 14.7 Å². The molecule has 8 heteroatoms. The maximum atomic E-state index is 12.1. The minimum absolute atomic E-state index is 0.146. The summed E-state index contributed by atoms with van der Waals surface area (Å²) in [6.07, 6.45) is 0.915. The number of amides is 2. The number of aliphatic hydroxyl groups is 1. The van der Waals surface area contributed by atoms with E-state index in [1.807, 2.05) is 4.90 Å². The molecule has 0 radical (unpaired) electrons. The summed E-state index contributed by atoms with van der Waals surface area (Å²) in [4.78, 5) is 27.5. The molecule has 1 aromatic rings. The summed E-state index contributed by atoms with van der Waals surface area (Å²) >= 11 is 1.19. The van der Waals surface area contributed by atoms with Crippen LogP contribution in [0.2, 0.25) is 0 Å². The SMILES string of the molecule is CN(C)C(=O)c1sc(N2CCC(O)CC2)c(C(N)=O)c1N. The van der Waals surface area contributed by atoms with Gasteiger partial charge in [0.25, 0.3) is 11.8 Å². The third kappa shape index (κ3) is 2.96. The number of rotatable bonds is 3. The van der Waals surface area contributed by atoms with Crippen molar-refractivity contribution >= 4 is 33.8 Å². The molecule has 0 unspecified atom stereocenters. The highest BCUT2D eigenvalue weighted by molar-refractivity contribution is 7.19. The zero-order valence-corrected chi connectivity index (χ0v) is 12.9. The molecule has 0 saturated carbocycles. The molecule has 1 saturated heterocycles. The van der Waals surface area contributed by atoms with Gasteiger partial charge in [-0.15, -0.1) is 11.3 Å². The van der Waals surface area contributed by atoms with Gasteiger partial charge in [-0.1, -0.05) is 0 Å². The van der Waals surface area contributed by atoms with Gasteiger partial charge in [0.1, 0.15) is 9.88 Å². The van der Waals surface area contributed by atoms with E-state index in [1.54, 1.807) is 14.1 Å². The average Bonchev–Trinajstić information content (AvgIpc) is 2.76. The summed E-state index contributed by atoms with van der Waals surface area (Å²) in [7, 11) is 3.25. The molecule has 0 bridgehead atoms. The van der Waals surface area contributed by atoms with E-state index in [0.29, 0.717) is 35.8 Å². The lowest BCUT2D eigenvalue weighted by Gasteiger charge is -2.30. The molecule has 116 valence electrons. The van der Waals surface area contributed by atoms with Crippen LogP contribution in [0.4, 0.5) is 10.7 Å². The summed E-state index contributed by atoms with van der Waals surface area (Å²) in [6.45, 7) is 1.22. The Morgan fingerprint density at radius 2 is 1.90 bits per heavy atom. The van der Waals surface area contributed by atoms with E-state index < -0.39 is 5.91 Å². The van der Waals surface area contributed by atoms with Gasteiger partial charge in [0.2, 0.25) is 0 Å². The van der Waals surface area contributed by atoms with Crippen molar-refractivity contribution in [2.75, 3.05) is 37.8 Å². The smallest absolute Gasteiger partial charge is 0.265 e. The van der Waals surface area contributed by atoms with Crippen molar-refractivity contribution in [2.45, 2.75) is 18.9 Å². The van der Waals surface area contributed by atoms with Crippen LogP contribution in [-0.4, -0.2) is 55.1 Å². The molecule has 21 heavy (non-hydrogen) atoms. The molecule has 5 N–H and O–H groups in total. The Morgan fingerprint density at radius 3 is 2.38 bits per heavy atom. The van der Waals surface area contributed by atoms with Gasteiger partial charge >= 0.3 is 0 Å². The average molecular weight is 312 g/mol. The Bertz CT molecular complexity index is 562. The number of hydrogen-bond acceptors (Lipinski definition) is 6. The molecular weight excluding hydrogens is 292 g/mol. The second-order valence-corrected chi connectivity index (χ2v) is 6.31. The quantitative estimate of drug-likeness (QED) is 0.732. The molecule has 0 spiro atoms. The van der Waals surface area contributed by atoms with Crippen LogP contribution >= 0.6 is 11.3 Å². The van der Waals surface area contributed by atoms with Crippen molar-refractivity contribution in [2.24, 2.45) is 5.73 Å². The van der Waals surface area contributed by atoms with Crippen LogP contribution < -0.4 is 16.4 Å². The first-order chi connectivity index (χ1) is 9.82. The van der Waals surface area contributed by atoms with E-state index in [-0.39, 0.29) is 23.3 Å². The number of carbonyl (C=O) groups excluding carboxylic acids is 2. The topological polar surface area (TPSA) is 113 Å². The highest BCUT2D eigenvalue weighted by atomic mass is 32.1. The van der Waals surface area contributed by atoms with E-state index in [0.717, 1.165) is 0 Å². The lowest BCUT2D eigenvalue weighted by Crippen LogP contribution is -2.36. The predicted octanol–water partition coefficient (Wildman–Crippen LogP) is 0.0921. The van der Waals surface area contributed by atoms with Crippen LogP contribution in [0.25, 0.3) is 0 Å². The Hall–Kier alpha value is -1.80. The number of carbonyl (C=O) groups is 2. The third-order valence-corrected chi connectivity index (χ3v) is 4.78. The molecule has 2 heterocycles. The standard InChI is InChI=1S/C13H20N4O3S/c1-16(2)12(20)10-9(14)8(11(15)19)13(21-10)17-5-3-7(18)4-6-17/h7,18H,3-6,14H2,1-2H3,(H2,15,19). The van der Waals surface area contributed by atoms with Crippen molar-refractivity contribution in [3.8, 4) is 0 Å². The fraction of sp³-hybridized carbons (Fsp3) is 0.538. The summed E-state index contributed by atoms with van der Waals surface area (Å²) < 4.78 is 0. The first-order valence-electron chi connectivity index (χ1n) is 6.69. The molecule has 0 aliphatic carbocycles. The Kier molecular flexibility index (Phi) is 4.38. The fourth-order valence-electron chi connectivity index (χ4n) is 2.32. The number of thiophene rings is 1. The molecular formula is C13H20N4O3S. The number of hydrogen-bond donors (Lipinski definition) is 3. The largest absolute Gasteiger partial charge is 0.397 e. The number of primary amides is 1. The molecule has 1 aliphatic rings. The van der Waals surface area contributed by atoms with Crippen LogP contribution in [0.3, 0.4) is 0 Å². The second-order valence-electron chi connectivity index (χ2n) is 5.31. The van der Waals surface area contributed by atoms with E-state index >= 15 is 0 Å². The summed E-state index contributed by atoms with van der Waals surface area (Å²) in [5.41, 5.74) is 11.7. The van der Waals surface area contributed by atoms with Gasteiger partial charge < -0.3 is 26.4 Å². The Balaban J connectivity index is 2.43. The molecule has 2 amide bonds.